The van der Waals surface area contributed by atoms with Gasteiger partial charge in [-0.3, -0.25) is 14.4 Å². The minimum absolute atomic E-state index is 0.305. The molecule has 3 N–H and O–H groups in total. The summed E-state index contributed by atoms with van der Waals surface area (Å²) in [5, 5.41) is 8.91. The maximum absolute atomic E-state index is 13.0. The van der Waals surface area contributed by atoms with Crippen LogP contribution in [0.2, 0.25) is 0 Å². The summed E-state index contributed by atoms with van der Waals surface area (Å²) < 4.78 is 30.0. The average molecular weight is 634 g/mol. The van der Waals surface area contributed by atoms with Crippen molar-refractivity contribution in [3.8, 4) is 17.2 Å². The molecule has 0 radical (unpaired) electrons. The molecule has 0 saturated carbocycles. The molecule has 0 fully saturated rings. The number of amides is 3. The van der Waals surface area contributed by atoms with Gasteiger partial charge in [0.1, 0.15) is 11.6 Å². The molecule has 12 heteroatoms. The number of hydrogen-bond donors (Lipinski definition) is 3. The number of hydrazone groups is 1. The second-order valence-corrected chi connectivity index (χ2v) is 8.65. The molecule has 0 saturated heterocycles. The zero-order valence-corrected chi connectivity index (χ0v) is 22.6. The Labute approximate surface area is 231 Å². The Morgan fingerprint density at radius 1 is 0.947 bits per heavy atom. The monoisotopic (exact) mass is 634 g/mol. The molecule has 0 aromatic heterocycles. The normalized spacial score (nSPS) is 10.5. The molecule has 0 heterocycles. The van der Waals surface area contributed by atoms with Crippen molar-refractivity contribution in [3.63, 3.8) is 0 Å². The highest BCUT2D eigenvalue weighted by Crippen LogP contribution is 2.34. The molecular weight excluding hydrogens is 610 g/mol. The highest BCUT2D eigenvalue weighted by Gasteiger charge is 2.15. The van der Waals surface area contributed by atoms with Gasteiger partial charge >= 0.3 is 11.8 Å². The summed E-state index contributed by atoms with van der Waals surface area (Å²) in [5.41, 5.74) is 3.58. The summed E-state index contributed by atoms with van der Waals surface area (Å²) in [6.07, 6.45) is 1.34. The fourth-order valence-electron chi connectivity index (χ4n) is 3.01. The van der Waals surface area contributed by atoms with Crippen LogP contribution in [-0.4, -0.2) is 44.3 Å². The first-order chi connectivity index (χ1) is 18.3. The van der Waals surface area contributed by atoms with Crippen molar-refractivity contribution < 1.29 is 33.0 Å². The number of nitrogens with one attached hydrogen (secondary N) is 3. The number of halogens is 2. The van der Waals surface area contributed by atoms with Gasteiger partial charge in [0.2, 0.25) is 0 Å². The number of nitrogens with zero attached hydrogens (tertiary/aromatic N) is 1. The molecule has 0 spiro atoms. The van der Waals surface area contributed by atoms with E-state index in [0.29, 0.717) is 44.4 Å². The zero-order chi connectivity index (χ0) is 27.5. The van der Waals surface area contributed by atoms with E-state index in [1.165, 1.54) is 37.6 Å². The van der Waals surface area contributed by atoms with Crippen LogP contribution in [0, 0.1) is 9.39 Å². The largest absolute Gasteiger partial charge is 0.497 e. The molecule has 0 aliphatic rings. The van der Waals surface area contributed by atoms with E-state index in [0.717, 1.165) is 0 Å². The standard InChI is InChI=1S/C26H24FIN4O6/c1-3-37-22-13-16(14-29-32-26(35)25(34)31-19-8-10-20(36-2)11-9-19)12-21(28)24(22)38-15-23(33)30-18-6-4-17(27)5-7-18/h4-14H,3,15H2,1-2H3,(H,30,33)(H,31,34)(H,32,35)/b29-14-. The molecule has 3 aromatic carbocycles. The van der Waals surface area contributed by atoms with Crippen LogP contribution in [0.5, 0.6) is 17.2 Å². The maximum Gasteiger partial charge on any atom is 0.329 e. The first kappa shape index (κ1) is 28.4. The lowest BCUT2D eigenvalue weighted by Gasteiger charge is -2.14. The fraction of sp³-hybridized carbons (Fsp3) is 0.154. The van der Waals surface area contributed by atoms with E-state index in [1.807, 2.05) is 22.6 Å². The van der Waals surface area contributed by atoms with Crippen molar-refractivity contribution >= 4 is 57.9 Å². The van der Waals surface area contributed by atoms with E-state index in [-0.39, 0.29) is 6.61 Å². The predicted octanol–water partition coefficient (Wildman–Crippen LogP) is 3.94. The van der Waals surface area contributed by atoms with E-state index < -0.39 is 23.5 Å². The number of anilines is 2. The van der Waals surface area contributed by atoms with Crippen LogP contribution in [0.4, 0.5) is 15.8 Å². The molecule has 0 aliphatic carbocycles. The molecule has 0 unspecified atom stereocenters. The van der Waals surface area contributed by atoms with Crippen molar-refractivity contribution in [2.75, 3.05) is 31.0 Å². The Kier molecular flexibility index (Phi) is 10.4. The van der Waals surface area contributed by atoms with Crippen molar-refractivity contribution in [2.24, 2.45) is 5.10 Å². The molecule has 3 amide bonds. The van der Waals surface area contributed by atoms with Crippen molar-refractivity contribution in [1.29, 1.82) is 0 Å². The zero-order valence-electron chi connectivity index (χ0n) is 20.4. The highest BCUT2D eigenvalue weighted by molar-refractivity contribution is 14.1. The van der Waals surface area contributed by atoms with Gasteiger partial charge < -0.3 is 24.8 Å². The Balaban J connectivity index is 1.59. The van der Waals surface area contributed by atoms with Crippen LogP contribution >= 0.6 is 22.6 Å². The van der Waals surface area contributed by atoms with E-state index in [4.69, 9.17) is 14.2 Å². The van der Waals surface area contributed by atoms with Gasteiger partial charge in [-0.05, 0) is 95.7 Å². The molecule has 0 aliphatic heterocycles. The maximum atomic E-state index is 13.0. The molecule has 198 valence electrons. The van der Waals surface area contributed by atoms with Gasteiger partial charge in [0.25, 0.3) is 5.91 Å². The van der Waals surface area contributed by atoms with E-state index in [2.05, 4.69) is 21.2 Å². The number of ether oxygens (including phenoxy) is 3. The first-order valence-electron chi connectivity index (χ1n) is 11.2. The predicted molar refractivity (Wildman–Crippen MR) is 148 cm³/mol. The van der Waals surface area contributed by atoms with Gasteiger partial charge in [0.05, 0.1) is 23.5 Å². The first-order valence-corrected chi connectivity index (χ1v) is 12.3. The average Bonchev–Trinajstić information content (AvgIpc) is 2.90. The number of benzene rings is 3. The lowest BCUT2D eigenvalue weighted by atomic mass is 10.2. The van der Waals surface area contributed by atoms with Gasteiger partial charge in [-0.2, -0.15) is 5.10 Å². The molecule has 10 nitrogen and oxygen atoms in total. The van der Waals surface area contributed by atoms with Crippen LogP contribution in [0.3, 0.4) is 0 Å². The molecule has 38 heavy (non-hydrogen) atoms. The number of carbonyl (C=O) groups is 3. The van der Waals surface area contributed by atoms with Crippen LogP contribution in [0.25, 0.3) is 0 Å². The lowest BCUT2D eigenvalue weighted by molar-refractivity contribution is -0.136. The number of methoxy groups -OCH3 is 1. The third kappa shape index (κ3) is 8.44. The number of rotatable bonds is 10. The van der Waals surface area contributed by atoms with Crippen molar-refractivity contribution in [1.82, 2.24) is 5.43 Å². The number of hydrogen-bond acceptors (Lipinski definition) is 7. The smallest absolute Gasteiger partial charge is 0.329 e. The van der Waals surface area contributed by atoms with Gasteiger partial charge in [-0.15, -0.1) is 0 Å². The fourth-order valence-corrected chi connectivity index (χ4v) is 3.79. The topological polar surface area (TPSA) is 127 Å². The van der Waals surface area contributed by atoms with Crippen molar-refractivity contribution in [2.45, 2.75) is 6.92 Å². The summed E-state index contributed by atoms with van der Waals surface area (Å²) in [4.78, 5) is 36.4. The van der Waals surface area contributed by atoms with E-state index in [9.17, 15) is 18.8 Å². The van der Waals surface area contributed by atoms with Crippen LogP contribution < -0.4 is 30.3 Å². The summed E-state index contributed by atoms with van der Waals surface area (Å²) in [7, 11) is 1.52. The van der Waals surface area contributed by atoms with Crippen LogP contribution in [-0.2, 0) is 14.4 Å². The molecule has 0 atom stereocenters. The Morgan fingerprint density at radius 2 is 1.61 bits per heavy atom. The quantitative estimate of drug-likeness (QED) is 0.134. The van der Waals surface area contributed by atoms with Gasteiger partial charge in [-0.25, -0.2) is 9.82 Å². The Hall–Kier alpha value is -4.20. The van der Waals surface area contributed by atoms with E-state index in [1.54, 1.807) is 43.3 Å². The van der Waals surface area contributed by atoms with Gasteiger partial charge in [-0.1, -0.05) is 0 Å². The Morgan fingerprint density at radius 3 is 2.26 bits per heavy atom. The third-order valence-electron chi connectivity index (χ3n) is 4.74. The summed E-state index contributed by atoms with van der Waals surface area (Å²) in [6.45, 7) is 1.82. The van der Waals surface area contributed by atoms with Crippen molar-refractivity contribution in [3.05, 3.63) is 75.6 Å². The molecule has 3 rings (SSSR count). The highest BCUT2D eigenvalue weighted by atomic mass is 127. The minimum Gasteiger partial charge on any atom is -0.497 e. The SMILES string of the molecule is CCOc1cc(/C=N\NC(=O)C(=O)Nc2ccc(OC)cc2)cc(I)c1OCC(=O)Nc1ccc(F)cc1. The van der Waals surface area contributed by atoms with Crippen LogP contribution in [0.1, 0.15) is 12.5 Å². The number of carbonyl (C=O) groups excluding carboxylic acids is 3. The summed E-state index contributed by atoms with van der Waals surface area (Å²) in [5.74, 6) is -1.36. The molecule has 3 aromatic rings. The second-order valence-electron chi connectivity index (χ2n) is 7.49. The second kappa shape index (κ2) is 13.9. The van der Waals surface area contributed by atoms with E-state index >= 15 is 0 Å². The lowest BCUT2D eigenvalue weighted by Crippen LogP contribution is -2.32. The summed E-state index contributed by atoms with van der Waals surface area (Å²) in [6, 6.07) is 15.2. The minimum atomic E-state index is -0.955. The van der Waals surface area contributed by atoms with Crippen LogP contribution in [0.15, 0.2) is 65.8 Å². The Bertz CT molecular complexity index is 1320. The van der Waals surface area contributed by atoms with Gasteiger partial charge in [0, 0.05) is 11.4 Å². The van der Waals surface area contributed by atoms with Gasteiger partial charge in [0.15, 0.2) is 18.1 Å². The molecular formula is C26H24FIN4O6. The third-order valence-corrected chi connectivity index (χ3v) is 5.54. The summed E-state index contributed by atoms with van der Waals surface area (Å²) >= 11 is 2.02. The molecule has 0 bridgehead atoms.